The Balaban J connectivity index is 1.15. The summed E-state index contributed by atoms with van der Waals surface area (Å²) in [5, 5.41) is 6.85. The average molecular weight is 718 g/mol. The number of aromatic amines is 1. The van der Waals surface area contributed by atoms with Gasteiger partial charge in [0.25, 0.3) is 5.91 Å². The van der Waals surface area contributed by atoms with Crippen LogP contribution in [0.15, 0.2) is 47.3 Å². The number of likely N-dealkylation sites (tertiary alicyclic amines) is 3. The maximum atomic E-state index is 14.0. The SMILES string of the molecule is CNc1c(Cl)cc(C[C@@H](OC(=O)N2CCC(n3nc(-c4ccccc4)[nH]c3=O)CC2)C(=O)N2CCC(N3CCCCC3)CC2)cc1C(F)(F)F. The molecule has 0 aliphatic carbocycles. The molecule has 0 saturated carbocycles. The first-order chi connectivity index (χ1) is 24.0. The standard InChI is InChI=1S/C35H43ClF3N7O4/c1-40-30-27(35(37,38)39)20-23(21-28(30)36)22-29(32(47)44-16-10-25(11-17-44)43-14-6-3-7-15-43)50-34(49)45-18-12-26(13-19-45)46-33(48)41-31(42-46)24-8-4-2-5-9-24/h2,4-5,8-9,20-21,25-26,29,40H,3,6-7,10-19,22H2,1H3,(H,41,42,48)/t29-/m1/s1. The Labute approximate surface area is 293 Å². The van der Waals surface area contributed by atoms with Gasteiger partial charge in [0.05, 0.1) is 22.3 Å². The first-order valence-corrected chi connectivity index (χ1v) is 17.7. The van der Waals surface area contributed by atoms with E-state index in [2.05, 4.69) is 20.3 Å². The minimum Gasteiger partial charge on any atom is -0.436 e. The number of nitrogens with zero attached hydrogens (tertiary/aromatic N) is 5. The zero-order valence-electron chi connectivity index (χ0n) is 28.1. The summed E-state index contributed by atoms with van der Waals surface area (Å²) in [6.07, 6.45) is -1.11. The number of anilines is 1. The molecule has 0 radical (unpaired) electrons. The zero-order valence-corrected chi connectivity index (χ0v) is 28.8. The third-order valence-electron chi connectivity index (χ3n) is 10.1. The van der Waals surface area contributed by atoms with Gasteiger partial charge in [0.1, 0.15) is 0 Å². The molecular formula is C35H43ClF3N7O4. The van der Waals surface area contributed by atoms with E-state index < -0.39 is 29.8 Å². The Bertz CT molecular complexity index is 1690. The Morgan fingerprint density at radius 1 is 0.960 bits per heavy atom. The highest BCUT2D eigenvalue weighted by molar-refractivity contribution is 6.33. The molecule has 1 atom stereocenters. The molecule has 2 amide bonds. The van der Waals surface area contributed by atoms with E-state index in [-0.39, 0.29) is 47.5 Å². The Hall–Kier alpha value is -4.04. The normalized spacial score (nSPS) is 19.0. The number of aromatic nitrogens is 3. The van der Waals surface area contributed by atoms with Gasteiger partial charge in [-0.3, -0.25) is 9.78 Å². The molecule has 2 N–H and O–H groups in total. The number of amides is 2. The number of ether oxygens (including phenoxy) is 1. The zero-order chi connectivity index (χ0) is 35.4. The Morgan fingerprint density at radius 2 is 1.60 bits per heavy atom. The van der Waals surface area contributed by atoms with Gasteiger partial charge in [-0.25, -0.2) is 14.3 Å². The molecular weight excluding hydrogens is 675 g/mol. The van der Waals surface area contributed by atoms with Crippen LogP contribution in [0, 0.1) is 0 Å². The lowest BCUT2D eigenvalue weighted by Crippen LogP contribution is -2.52. The molecule has 3 fully saturated rings. The summed E-state index contributed by atoms with van der Waals surface area (Å²) < 4.78 is 49.2. The van der Waals surface area contributed by atoms with Crippen LogP contribution in [0.1, 0.15) is 62.1 Å². The fourth-order valence-electron chi connectivity index (χ4n) is 7.39. The molecule has 11 nitrogen and oxygen atoms in total. The first-order valence-electron chi connectivity index (χ1n) is 17.3. The van der Waals surface area contributed by atoms with Gasteiger partial charge in [0.15, 0.2) is 11.9 Å². The van der Waals surface area contributed by atoms with E-state index in [1.807, 2.05) is 30.3 Å². The van der Waals surface area contributed by atoms with Crippen LogP contribution in [0.3, 0.4) is 0 Å². The molecule has 0 unspecified atom stereocenters. The van der Waals surface area contributed by atoms with Crippen molar-refractivity contribution in [3.63, 3.8) is 0 Å². The summed E-state index contributed by atoms with van der Waals surface area (Å²) >= 11 is 6.27. The fourth-order valence-corrected chi connectivity index (χ4v) is 7.73. The highest BCUT2D eigenvalue weighted by Gasteiger charge is 2.38. The summed E-state index contributed by atoms with van der Waals surface area (Å²) in [4.78, 5) is 48.7. The van der Waals surface area contributed by atoms with E-state index in [4.69, 9.17) is 16.3 Å². The lowest BCUT2D eigenvalue weighted by Gasteiger charge is -2.41. The number of piperidine rings is 3. The molecule has 1 aromatic heterocycles. The lowest BCUT2D eigenvalue weighted by atomic mass is 9.98. The van der Waals surface area contributed by atoms with Crippen LogP contribution in [0.5, 0.6) is 0 Å². The van der Waals surface area contributed by atoms with Crippen molar-refractivity contribution in [1.82, 2.24) is 29.5 Å². The van der Waals surface area contributed by atoms with Crippen molar-refractivity contribution >= 4 is 29.3 Å². The lowest BCUT2D eigenvalue weighted by molar-refractivity contribution is -0.142. The number of nitrogens with one attached hydrogen (secondary N) is 2. The molecule has 4 heterocycles. The predicted octanol–water partition coefficient (Wildman–Crippen LogP) is 5.81. The summed E-state index contributed by atoms with van der Waals surface area (Å²) in [6, 6.07) is 11.7. The van der Waals surface area contributed by atoms with Crippen LogP contribution in [0.4, 0.5) is 23.7 Å². The number of halogens is 4. The fraction of sp³-hybridized carbons (Fsp3) is 0.543. The second kappa shape index (κ2) is 15.5. The van der Waals surface area contributed by atoms with Crippen LogP contribution in [-0.4, -0.2) is 99.9 Å². The molecule has 3 aliphatic heterocycles. The second-order valence-corrected chi connectivity index (χ2v) is 13.7. The molecule has 15 heteroatoms. The van der Waals surface area contributed by atoms with Crippen molar-refractivity contribution < 1.29 is 27.5 Å². The molecule has 50 heavy (non-hydrogen) atoms. The summed E-state index contributed by atoms with van der Waals surface area (Å²) in [5.74, 6) is 0.0134. The molecule has 3 aromatic rings. The molecule has 0 bridgehead atoms. The third kappa shape index (κ3) is 8.12. The summed E-state index contributed by atoms with van der Waals surface area (Å²) in [5.41, 5.74) is -0.673. The van der Waals surface area contributed by atoms with Crippen molar-refractivity contribution in [3.8, 4) is 11.4 Å². The Kier molecular flexibility index (Phi) is 11.1. The number of H-pyrrole nitrogens is 1. The maximum absolute atomic E-state index is 14.0. The van der Waals surface area contributed by atoms with Crippen molar-refractivity contribution in [2.45, 2.75) is 75.7 Å². The number of hydrogen-bond donors (Lipinski definition) is 2. The van der Waals surface area contributed by atoms with E-state index >= 15 is 0 Å². The molecule has 3 saturated heterocycles. The monoisotopic (exact) mass is 717 g/mol. The molecule has 6 rings (SSSR count). The number of alkyl halides is 3. The maximum Gasteiger partial charge on any atom is 0.418 e. The van der Waals surface area contributed by atoms with Gasteiger partial charge in [-0.1, -0.05) is 48.4 Å². The quantitative estimate of drug-likeness (QED) is 0.302. The van der Waals surface area contributed by atoms with Crippen molar-refractivity contribution in [2.24, 2.45) is 0 Å². The van der Waals surface area contributed by atoms with Crippen molar-refractivity contribution in [1.29, 1.82) is 0 Å². The minimum absolute atomic E-state index is 0.126. The summed E-state index contributed by atoms with van der Waals surface area (Å²) in [6.45, 7) is 3.51. The molecule has 0 spiro atoms. The van der Waals surface area contributed by atoms with Gasteiger partial charge in [-0.05, 0) is 69.3 Å². The number of rotatable bonds is 8. The average Bonchev–Trinajstić information content (AvgIpc) is 3.52. The first kappa shape index (κ1) is 35.8. The highest BCUT2D eigenvalue weighted by Crippen LogP contribution is 2.40. The predicted molar refractivity (Wildman–Crippen MR) is 183 cm³/mol. The topological polar surface area (TPSA) is 116 Å². The van der Waals surface area contributed by atoms with Crippen molar-refractivity contribution in [3.05, 3.63) is 69.1 Å². The number of carbonyl (C=O) groups is 2. The van der Waals surface area contributed by atoms with Gasteiger partial charge in [0, 0.05) is 51.3 Å². The molecule has 2 aromatic carbocycles. The van der Waals surface area contributed by atoms with Crippen LogP contribution >= 0.6 is 11.6 Å². The van der Waals surface area contributed by atoms with E-state index in [0.717, 1.165) is 50.4 Å². The van der Waals surface area contributed by atoms with E-state index in [1.165, 1.54) is 29.1 Å². The van der Waals surface area contributed by atoms with Gasteiger partial charge in [0.2, 0.25) is 0 Å². The smallest absolute Gasteiger partial charge is 0.418 e. The van der Waals surface area contributed by atoms with Crippen LogP contribution < -0.4 is 11.0 Å². The van der Waals surface area contributed by atoms with Gasteiger partial charge in [-0.2, -0.15) is 13.2 Å². The molecule has 3 aliphatic rings. The van der Waals surface area contributed by atoms with Crippen molar-refractivity contribution in [2.75, 3.05) is 51.6 Å². The third-order valence-corrected chi connectivity index (χ3v) is 10.4. The number of benzene rings is 2. The van der Waals surface area contributed by atoms with Crippen LogP contribution in [0.25, 0.3) is 11.4 Å². The van der Waals surface area contributed by atoms with Gasteiger partial charge < -0.3 is 24.8 Å². The largest absolute Gasteiger partial charge is 0.436 e. The van der Waals surface area contributed by atoms with E-state index in [1.54, 1.807) is 4.90 Å². The highest BCUT2D eigenvalue weighted by atomic mass is 35.5. The number of hydrogen-bond acceptors (Lipinski definition) is 7. The van der Waals surface area contributed by atoms with E-state index in [9.17, 15) is 27.6 Å². The number of carbonyl (C=O) groups excluding carboxylic acids is 2. The van der Waals surface area contributed by atoms with Gasteiger partial charge >= 0.3 is 18.0 Å². The van der Waals surface area contributed by atoms with Crippen LogP contribution in [-0.2, 0) is 22.1 Å². The summed E-state index contributed by atoms with van der Waals surface area (Å²) in [7, 11) is 1.35. The minimum atomic E-state index is -4.70. The Morgan fingerprint density at radius 3 is 2.24 bits per heavy atom. The second-order valence-electron chi connectivity index (χ2n) is 13.3. The molecule has 270 valence electrons. The van der Waals surface area contributed by atoms with E-state index in [0.29, 0.717) is 37.8 Å². The van der Waals surface area contributed by atoms with Crippen LogP contribution in [0.2, 0.25) is 5.02 Å². The van der Waals surface area contributed by atoms with Gasteiger partial charge in [-0.15, -0.1) is 5.10 Å².